The molecule has 1 aliphatic carbocycles. The molecule has 4 rings (SSSR count). The smallest absolute Gasteiger partial charge is 0.243 e. The lowest BCUT2D eigenvalue weighted by Gasteiger charge is -2.22. The van der Waals surface area contributed by atoms with Crippen LogP contribution in [-0.4, -0.2) is 25.2 Å². The summed E-state index contributed by atoms with van der Waals surface area (Å²) in [5.74, 6) is -0.466. The molecule has 0 bridgehead atoms. The monoisotopic (exact) mass is 493 g/mol. The van der Waals surface area contributed by atoms with Crippen LogP contribution in [0.3, 0.4) is 0 Å². The molecule has 174 valence electrons. The first kappa shape index (κ1) is 24.0. The highest BCUT2D eigenvalue weighted by molar-refractivity contribution is 7.89. The van der Waals surface area contributed by atoms with Crippen molar-refractivity contribution >= 4 is 33.2 Å². The van der Waals surface area contributed by atoms with Gasteiger partial charge in [0.1, 0.15) is 0 Å². The molecule has 0 radical (unpaired) electrons. The van der Waals surface area contributed by atoms with Crippen molar-refractivity contribution in [2.75, 3.05) is 11.9 Å². The second-order valence-electron chi connectivity index (χ2n) is 8.54. The second-order valence-corrected chi connectivity index (χ2v) is 10.9. The zero-order chi connectivity index (χ0) is 24.3. The predicted molar refractivity (Wildman–Crippen MR) is 132 cm³/mol. The predicted octanol–water partition coefficient (Wildman–Crippen LogP) is 5.03. The maximum atomic E-state index is 13.4. The summed E-state index contributed by atoms with van der Waals surface area (Å²) in [6.07, 6.45) is 1.68. The van der Waals surface area contributed by atoms with Gasteiger partial charge in [0.05, 0.1) is 22.9 Å². The number of nitrogens with one attached hydrogen (secondary N) is 1. The number of aryl methyl sites for hydroxylation is 1. The van der Waals surface area contributed by atoms with Crippen LogP contribution in [0.1, 0.15) is 29.5 Å². The summed E-state index contributed by atoms with van der Waals surface area (Å²) < 4.78 is 27.9. The molecule has 0 heterocycles. The number of rotatable bonds is 8. The molecule has 0 saturated heterocycles. The van der Waals surface area contributed by atoms with Crippen molar-refractivity contribution in [3.63, 3.8) is 0 Å². The maximum absolute atomic E-state index is 13.4. The van der Waals surface area contributed by atoms with Crippen molar-refractivity contribution in [2.24, 2.45) is 0 Å². The summed E-state index contributed by atoms with van der Waals surface area (Å²) in [6, 6.07) is 22.9. The summed E-state index contributed by atoms with van der Waals surface area (Å²) in [5, 5.41) is 12.6. The van der Waals surface area contributed by atoms with Crippen LogP contribution in [0.4, 0.5) is 5.69 Å². The molecule has 1 saturated carbocycles. The van der Waals surface area contributed by atoms with Crippen molar-refractivity contribution in [1.29, 1.82) is 5.26 Å². The number of carbonyl (C=O) groups is 1. The summed E-state index contributed by atoms with van der Waals surface area (Å²) in [4.78, 5) is 13.0. The van der Waals surface area contributed by atoms with Gasteiger partial charge in [-0.3, -0.25) is 4.79 Å². The third kappa shape index (κ3) is 5.31. The van der Waals surface area contributed by atoms with Crippen LogP contribution in [-0.2, 0) is 26.8 Å². The van der Waals surface area contributed by atoms with Crippen molar-refractivity contribution in [1.82, 2.24) is 4.31 Å². The van der Waals surface area contributed by atoms with E-state index < -0.39 is 21.3 Å². The largest absolute Gasteiger partial charge is 0.325 e. The van der Waals surface area contributed by atoms with Crippen LogP contribution >= 0.6 is 11.6 Å². The van der Waals surface area contributed by atoms with Crippen molar-refractivity contribution in [2.45, 2.75) is 36.6 Å². The number of amides is 1. The Labute approximate surface area is 204 Å². The number of carbonyl (C=O) groups excluding carboxylic acids is 1. The van der Waals surface area contributed by atoms with Gasteiger partial charge in [-0.2, -0.15) is 9.57 Å². The van der Waals surface area contributed by atoms with Gasteiger partial charge in [-0.05, 0) is 67.3 Å². The van der Waals surface area contributed by atoms with Crippen molar-refractivity contribution in [3.05, 3.63) is 94.5 Å². The zero-order valence-corrected chi connectivity index (χ0v) is 20.2. The first-order valence-electron chi connectivity index (χ1n) is 10.8. The highest BCUT2D eigenvalue weighted by Gasteiger charge is 2.44. The van der Waals surface area contributed by atoms with Gasteiger partial charge in [0, 0.05) is 17.3 Å². The van der Waals surface area contributed by atoms with Crippen molar-refractivity contribution < 1.29 is 13.2 Å². The molecule has 0 aromatic heterocycles. The van der Waals surface area contributed by atoms with Crippen LogP contribution in [0.2, 0.25) is 5.02 Å². The molecule has 6 nitrogen and oxygen atoms in total. The SMILES string of the molecule is Cc1ccc(S(=O)(=O)N(CC(=O)Nc2ccc(C3(C#N)CC3)cc2)Cc2cccc(Cl)c2)cc1. The number of sulfonamides is 1. The van der Waals surface area contributed by atoms with E-state index in [2.05, 4.69) is 11.4 Å². The van der Waals surface area contributed by atoms with Crippen LogP contribution in [0.5, 0.6) is 0 Å². The summed E-state index contributed by atoms with van der Waals surface area (Å²) >= 11 is 6.08. The zero-order valence-electron chi connectivity index (χ0n) is 18.7. The highest BCUT2D eigenvalue weighted by atomic mass is 35.5. The standard InChI is InChI=1S/C26H24ClN3O3S/c1-19-5-11-24(12-6-19)34(32,33)30(16-20-3-2-4-22(27)15-20)17-25(31)29-23-9-7-21(8-10-23)26(18-28)13-14-26/h2-12,15H,13-14,16-17H2,1H3,(H,29,31). The molecule has 0 unspecified atom stereocenters. The minimum Gasteiger partial charge on any atom is -0.325 e. The lowest BCUT2D eigenvalue weighted by molar-refractivity contribution is -0.116. The Balaban J connectivity index is 1.54. The lowest BCUT2D eigenvalue weighted by atomic mass is 9.98. The van der Waals surface area contributed by atoms with Crippen LogP contribution in [0.15, 0.2) is 77.7 Å². The van der Waals surface area contributed by atoms with Gasteiger partial charge in [-0.1, -0.05) is 53.6 Å². The van der Waals surface area contributed by atoms with E-state index in [1.54, 1.807) is 48.5 Å². The van der Waals surface area contributed by atoms with Crippen LogP contribution < -0.4 is 5.32 Å². The molecule has 0 spiro atoms. The Morgan fingerprint density at radius 3 is 2.35 bits per heavy atom. The maximum Gasteiger partial charge on any atom is 0.243 e. The first-order chi connectivity index (χ1) is 16.2. The molecule has 8 heteroatoms. The number of nitrogens with zero attached hydrogens (tertiary/aromatic N) is 2. The van der Waals surface area contributed by atoms with Crippen LogP contribution in [0, 0.1) is 18.3 Å². The number of nitriles is 1. The highest BCUT2D eigenvalue weighted by Crippen LogP contribution is 2.47. The number of anilines is 1. The fourth-order valence-corrected chi connectivity index (χ4v) is 5.34. The van der Waals surface area contributed by atoms with Crippen molar-refractivity contribution in [3.8, 4) is 6.07 Å². The molecule has 1 amide bonds. The van der Waals surface area contributed by atoms with Gasteiger partial charge in [-0.15, -0.1) is 0 Å². The molecular formula is C26H24ClN3O3S. The Morgan fingerprint density at radius 1 is 1.09 bits per heavy atom. The van der Waals surface area contributed by atoms with Gasteiger partial charge >= 0.3 is 0 Å². The number of hydrogen-bond acceptors (Lipinski definition) is 4. The van der Waals surface area contributed by atoms with E-state index in [9.17, 15) is 18.5 Å². The average Bonchev–Trinajstić information content (AvgIpc) is 3.61. The number of hydrogen-bond donors (Lipinski definition) is 1. The average molecular weight is 494 g/mol. The molecule has 0 atom stereocenters. The third-order valence-electron chi connectivity index (χ3n) is 5.91. The summed E-state index contributed by atoms with van der Waals surface area (Å²) in [6.45, 7) is 1.50. The fourth-order valence-electron chi connectivity index (χ4n) is 3.75. The molecule has 1 fully saturated rings. The quantitative estimate of drug-likeness (QED) is 0.476. The number of halogens is 1. The Morgan fingerprint density at radius 2 is 1.76 bits per heavy atom. The van der Waals surface area contributed by atoms with E-state index in [0.29, 0.717) is 16.3 Å². The van der Waals surface area contributed by atoms with Gasteiger partial charge < -0.3 is 5.32 Å². The topological polar surface area (TPSA) is 90.3 Å². The summed E-state index contributed by atoms with van der Waals surface area (Å²) in [7, 11) is -3.94. The minimum atomic E-state index is -3.94. The molecule has 3 aromatic carbocycles. The molecule has 1 N–H and O–H groups in total. The normalized spacial score (nSPS) is 14.4. The molecular weight excluding hydrogens is 470 g/mol. The van der Waals surface area contributed by atoms with E-state index in [1.807, 2.05) is 19.1 Å². The Bertz CT molecular complexity index is 1340. The molecule has 0 aliphatic heterocycles. The van der Waals surface area contributed by atoms with E-state index in [-0.39, 0.29) is 18.0 Å². The van der Waals surface area contributed by atoms with E-state index in [0.717, 1.165) is 28.3 Å². The van der Waals surface area contributed by atoms with Gasteiger partial charge in [0.2, 0.25) is 15.9 Å². The Kier molecular flexibility index (Phi) is 6.76. The number of benzene rings is 3. The molecule has 3 aromatic rings. The molecule has 34 heavy (non-hydrogen) atoms. The summed E-state index contributed by atoms with van der Waals surface area (Å²) in [5.41, 5.74) is 2.67. The van der Waals surface area contributed by atoms with E-state index in [4.69, 9.17) is 11.6 Å². The lowest BCUT2D eigenvalue weighted by Crippen LogP contribution is -2.37. The first-order valence-corrected chi connectivity index (χ1v) is 12.7. The van der Waals surface area contributed by atoms with Gasteiger partial charge in [0.15, 0.2) is 0 Å². The second kappa shape index (κ2) is 9.59. The van der Waals surface area contributed by atoms with E-state index >= 15 is 0 Å². The van der Waals surface area contributed by atoms with Gasteiger partial charge in [0.25, 0.3) is 0 Å². The van der Waals surface area contributed by atoms with E-state index in [1.165, 1.54) is 12.1 Å². The molecule has 1 aliphatic rings. The van der Waals surface area contributed by atoms with Crippen LogP contribution in [0.25, 0.3) is 0 Å². The van der Waals surface area contributed by atoms with Gasteiger partial charge in [-0.25, -0.2) is 8.42 Å². The fraction of sp³-hybridized carbons (Fsp3) is 0.231. The Hall–Kier alpha value is -3.18. The minimum absolute atomic E-state index is 0.00613. The third-order valence-corrected chi connectivity index (χ3v) is 7.95.